The summed E-state index contributed by atoms with van der Waals surface area (Å²) < 4.78 is 5.08. The lowest BCUT2D eigenvalue weighted by molar-refractivity contribution is -0.132. The molecule has 0 bridgehead atoms. The summed E-state index contributed by atoms with van der Waals surface area (Å²) in [7, 11) is 1.61. The fourth-order valence-corrected chi connectivity index (χ4v) is 2.30. The largest absolute Gasteiger partial charge is 0.409 e. The number of amides is 1. The van der Waals surface area contributed by atoms with Crippen molar-refractivity contribution in [2.45, 2.75) is 45.1 Å². The molecule has 1 unspecified atom stereocenters. The highest BCUT2D eigenvalue weighted by Crippen LogP contribution is 2.41. The Balaban J connectivity index is 2.67. The lowest BCUT2D eigenvalue weighted by Crippen LogP contribution is -2.56. The molecule has 1 aliphatic carbocycles. The summed E-state index contributed by atoms with van der Waals surface area (Å²) in [6.45, 7) is 2.53. The van der Waals surface area contributed by atoms with Gasteiger partial charge in [-0.3, -0.25) is 4.79 Å². The number of nitrogens with zero attached hydrogens (tertiary/aromatic N) is 1. The van der Waals surface area contributed by atoms with Crippen molar-refractivity contribution in [3.05, 3.63) is 0 Å². The normalized spacial score (nSPS) is 20.0. The van der Waals surface area contributed by atoms with E-state index in [0.29, 0.717) is 19.4 Å². The van der Waals surface area contributed by atoms with E-state index in [0.717, 1.165) is 19.3 Å². The molecule has 0 aliphatic heterocycles. The Morgan fingerprint density at radius 3 is 2.67 bits per heavy atom. The molecule has 18 heavy (non-hydrogen) atoms. The van der Waals surface area contributed by atoms with E-state index in [2.05, 4.69) is 17.4 Å². The lowest BCUT2D eigenvalue weighted by atomic mass is 9.67. The van der Waals surface area contributed by atoms with E-state index in [1.54, 1.807) is 7.11 Å². The summed E-state index contributed by atoms with van der Waals surface area (Å²) in [4.78, 5) is 12.3. The van der Waals surface area contributed by atoms with E-state index in [1.165, 1.54) is 0 Å². The summed E-state index contributed by atoms with van der Waals surface area (Å²) in [6.07, 6.45) is 4.02. The maximum absolute atomic E-state index is 12.3. The monoisotopic (exact) mass is 257 g/mol. The van der Waals surface area contributed by atoms with Gasteiger partial charge in [-0.25, -0.2) is 0 Å². The maximum atomic E-state index is 12.3. The van der Waals surface area contributed by atoms with Crippen molar-refractivity contribution in [2.75, 3.05) is 13.7 Å². The van der Waals surface area contributed by atoms with Gasteiger partial charge < -0.3 is 21.0 Å². The van der Waals surface area contributed by atoms with Crippen LogP contribution in [0.1, 0.15) is 39.0 Å². The number of nitrogens with two attached hydrogens (primary N) is 1. The third-order valence-corrected chi connectivity index (χ3v) is 3.58. The van der Waals surface area contributed by atoms with Gasteiger partial charge in [0.05, 0.1) is 12.6 Å². The summed E-state index contributed by atoms with van der Waals surface area (Å²) in [5.41, 5.74) is 4.83. The third-order valence-electron chi connectivity index (χ3n) is 3.58. The standard InChI is InChI=1S/C12H23N3O3/c1-3-5-9(8-18-2)14-11(16)12(6-4-7-12)10(13)15-17/h9,17H,3-8H2,1-2H3,(H2,13,15)(H,14,16). The van der Waals surface area contributed by atoms with E-state index in [9.17, 15) is 4.79 Å². The molecule has 1 fully saturated rings. The Morgan fingerprint density at radius 1 is 1.61 bits per heavy atom. The number of nitrogens with one attached hydrogen (secondary N) is 1. The van der Waals surface area contributed by atoms with Gasteiger partial charge in [0.15, 0.2) is 5.84 Å². The quantitative estimate of drug-likeness (QED) is 0.272. The van der Waals surface area contributed by atoms with Crippen molar-refractivity contribution < 1.29 is 14.7 Å². The first-order valence-electron chi connectivity index (χ1n) is 6.38. The highest BCUT2D eigenvalue weighted by molar-refractivity contribution is 6.07. The Hall–Kier alpha value is -1.30. The number of ether oxygens (including phenoxy) is 1. The maximum Gasteiger partial charge on any atom is 0.234 e. The van der Waals surface area contributed by atoms with Crippen LogP contribution < -0.4 is 11.1 Å². The van der Waals surface area contributed by atoms with Crippen LogP contribution in [0.25, 0.3) is 0 Å². The molecular weight excluding hydrogens is 234 g/mol. The highest BCUT2D eigenvalue weighted by Gasteiger charge is 2.48. The number of carbonyl (C=O) groups is 1. The second kappa shape index (κ2) is 6.58. The van der Waals surface area contributed by atoms with Crippen molar-refractivity contribution in [3.8, 4) is 0 Å². The van der Waals surface area contributed by atoms with Crippen molar-refractivity contribution >= 4 is 11.7 Å². The molecule has 0 aromatic heterocycles. The van der Waals surface area contributed by atoms with Crippen LogP contribution in [0.2, 0.25) is 0 Å². The first kappa shape index (κ1) is 14.8. The molecule has 0 heterocycles. The Morgan fingerprint density at radius 2 is 2.28 bits per heavy atom. The van der Waals surface area contributed by atoms with Gasteiger partial charge in [-0.1, -0.05) is 24.9 Å². The molecule has 1 amide bonds. The van der Waals surface area contributed by atoms with Crippen LogP contribution in [0.4, 0.5) is 0 Å². The number of methoxy groups -OCH3 is 1. The molecule has 1 saturated carbocycles. The first-order valence-corrected chi connectivity index (χ1v) is 6.38. The molecule has 1 aliphatic rings. The average Bonchev–Trinajstić information content (AvgIpc) is 2.27. The zero-order valence-electron chi connectivity index (χ0n) is 11.1. The Kier molecular flexibility index (Phi) is 5.40. The number of carbonyl (C=O) groups excluding carboxylic acids is 1. The van der Waals surface area contributed by atoms with Gasteiger partial charge in [-0.15, -0.1) is 0 Å². The van der Waals surface area contributed by atoms with Crippen molar-refractivity contribution in [3.63, 3.8) is 0 Å². The van der Waals surface area contributed by atoms with Gasteiger partial charge in [-0.2, -0.15) is 0 Å². The number of oxime groups is 1. The van der Waals surface area contributed by atoms with E-state index in [-0.39, 0.29) is 17.8 Å². The number of amidine groups is 1. The van der Waals surface area contributed by atoms with Crippen LogP contribution in [-0.2, 0) is 9.53 Å². The van der Waals surface area contributed by atoms with Crippen LogP contribution in [0.3, 0.4) is 0 Å². The minimum absolute atomic E-state index is 0.0129. The van der Waals surface area contributed by atoms with Crippen LogP contribution in [0.5, 0.6) is 0 Å². The Bertz CT molecular complexity index is 308. The molecule has 0 aromatic rings. The number of hydrogen-bond acceptors (Lipinski definition) is 4. The third kappa shape index (κ3) is 2.93. The summed E-state index contributed by atoms with van der Waals surface area (Å²) in [6, 6.07) is -0.0172. The molecule has 6 heteroatoms. The molecule has 4 N–H and O–H groups in total. The Labute approximate surface area is 108 Å². The van der Waals surface area contributed by atoms with E-state index in [4.69, 9.17) is 15.7 Å². The molecular formula is C12H23N3O3. The van der Waals surface area contributed by atoms with E-state index < -0.39 is 5.41 Å². The smallest absolute Gasteiger partial charge is 0.234 e. The van der Waals surface area contributed by atoms with Gasteiger partial charge in [-0.05, 0) is 19.3 Å². The van der Waals surface area contributed by atoms with Crippen LogP contribution >= 0.6 is 0 Å². The molecule has 1 rings (SSSR count). The first-order chi connectivity index (χ1) is 8.60. The molecule has 6 nitrogen and oxygen atoms in total. The van der Waals surface area contributed by atoms with Gasteiger partial charge in [0.25, 0.3) is 0 Å². The fraction of sp³-hybridized carbons (Fsp3) is 0.833. The molecule has 104 valence electrons. The minimum atomic E-state index is -0.811. The fourth-order valence-electron chi connectivity index (χ4n) is 2.30. The predicted molar refractivity (Wildman–Crippen MR) is 68.4 cm³/mol. The van der Waals surface area contributed by atoms with Crippen molar-refractivity contribution in [2.24, 2.45) is 16.3 Å². The van der Waals surface area contributed by atoms with Gasteiger partial charge in [0.2, 0.25) is 5.91 Å². The topological polar surface area (TPSA) is 96.9 Å². The van der Waals surface area contributed by atoms with E-state index in [1.807, 2.05) is 0 Å². The number of rotatable bonds is 7. The van der Waals surface area contributed by atoms with Crippen LogP contribution in [0.15, 0.2) is 5.16 Å². The molecule has 0 saturated heterocycles. The highest BCUT2D eigenvalue weighted by atomic mass is 16.5. The zero-order chi connectivity index (χ0) is 13.6. The second-order valence-electron chi connectivity index (χ2n) is 4.84. The van der Waals surface area contributed by atoms with Crippen molar-refractivity contribution in [1.82, 2.24) is 5.32 Å². The van der Waals surface area contributed by atoms with Gasteiger partial charge >= 0.3 is 0 Å². The zero-order valence-corrected chi connectivity index (χ0v) is 11.1. The summed E-state index contributed by atoms with van der Waals surface area (Å²) in [5, 5.41) is 14.7. The lowest BCUT2D eigenvalue weighted by Gasteiger charge is -2.39. The van der Waals surface area contributed by atoms with Gasteiger partial charge in [0.1, 0.15) is 5.41 Å². The molecule has 0 aromatic carbocycles. The van der Waals surface area contributed by atoms with Crippen LogP contribution in [0, 0.1) is 5.41 Å². The number of hydrogen-bond donors (Lipinski definition) is 3. The molecule has 1 atom stereocenters. The molecule has 0 radical (unpaired) electrons. The summed E-state index contributed by atoms with van der Waals surface area (Å²) in [5.74, 6) is -0.140. The second-order valence-corrected chi connectivity index (χ2v) is 4.84. The molecule has 0 spiro atoms. The SMILES string of the molecule is CCCC(COC)NC(=O)C1(C(N)=NO)CCC1. The minimum Gasteiger partial charge on any atom is -0.409 e. The van der Waals surface area contributed by atoms with Gasteiger partial charge in [0, 0.05) is 7.11 Å². The van der Waals surface area contributed by atoms with E-state index >= 15 is 0 Å². The predicted octanol–water partition coefficient (Wildman–Crippen LogP) is 0.834. The summed E-state index contributed by atoms with van der Waals surface area (Å²) >= 11 is 0. The average molecular weight is 257 g/mol. The van der Waals surface area contributed by atoms with Crippen LogP contribution in [-0.4, -0.2) is 36.7 Å². The van der Waals surface area contributed by atoms with Crippen molar-refractivity contribution in [1.29, 1.82) is 0 Å².